The van der Waals surface area contributed by atoms with E-state index < -0.39 is 42.3 Å². The molecule has 2 N–H and O–H groups in total. The summed E-state index contributed by atoms with van der Waals surface area (Å²) in [7, 11) is -8.73. The molecule has 0 aliphatic heterocycles. The van der Waals surface area contributed by atoms with E-state index in [0.717, 1.165) is 6.21 Å². The molecular weight excluding hydrogens is 481 g/mol. The molecule has 174 valence electrons. The fourth-order valence-corrected chi connectivity index (χ4v) is 4.59. The van der Waals surface area contributed by atoms with Crippen LogP contribution in [-0.2, 0) is 32.1 Å². The minimum atomic E-state index is -4.86. The molecule has 0 aliphatic rings. The normalized spacial score (nSPS) is 12.7. The smallest absolute Gasteiger partial charge is 0.282 e. The molecule has 0 saturated heterocycles. The molecule has 0 spiro atoms. The summed E-state index contributed by atoms with van der Waals surface area (Å²) in [6, 6.07) is 15.8. The summed E-state index contributed by atoms with van der Waals surface area (Å²) in [5, 5.41) is 3.66. The molecule has 0 aromatic heterocycles. The van der Waals surface area contributed by atoms with E-state index in [9.17, 15) is 34.6 Å². The zero-order valence-corrected chi connectivity index (χ0v) is 18.3. The highest BCUT2D eigenvalue weighted by Crippen LogP contribution is 2.36. The van der Waals surface area contributed by atoms with Gasteiger partial charge in [0.15, 0.2) is 0 Å². The predicted molar refractivity (Wildman–Crippen MR) is 116 cm³/mol. The van der Waals surface area contributed by atoms with Crippen LogP contribution in [0.3, 0.4) is 0 Å². The zero-order valence-electron chi connectivity index (χ0n) is 16.7. The van der Waals surface area contributed by atoms with E-state index in [1.165, 1.54) is 24.3 Å². The third kappa shape index (κ3) is 6.40. The Balaban J connectivity index is 1.98. The molecule has 3 rings (SSSR count). The van der Waals surface area contributed by atoms with E-state index in [4.69, 9.17) is 0 Å². The standard InChI is InChI=1S/C21H17F3N2O5S2/c22-21(23,24)17-10-11-20(33(29,30)31)19(12-17)18-9-5-4-8-16(18)13-25-26-32(27,28)14-15-6-2-1-3-7-15/h1-13,26H,14H2,(H,29,30,31). The molecule has 0 unspecified atom stereocenters. The van der Waals surface area contributed by atoms with Gasteiger partial charge in [-0.15, -0.1) is 0 Å². The van der Waals surface area contributed by atoms with Gasteiger partial charge < -0.3 is 0 Å². The van der Waals surface area contributed by atoms with Crippen molar-refractivity contribution in [2.24, 2.45) is 5.10 Å². The molecule has 0 atom stereocenters. The maximum Gasteiger partial charge on any atom is 0.416 e. The van der Waals surface area contributed by atoms with Crippen LogP contribution in [0, 0.1) is 0 Å². The number of hydrogen-bond acceptors (Lipinski definition) is 5. The first-order chi connectivity index (χ1) is 15.4. The molecule has 3 aromatic carbocycles. The van der Waals surface area contributed by atoms with Crippen molar-refractivity contribution in [1.29, 1.82) is 0 Å². The van der Waals surface area contributed by atoms with Crippen LogP contribution in [0.25, 0.3) is 11.1 Å². The molecule has 0 radical (unpaired) electrons. The summed E-state index contributed by atoms with van der Waals surface area (Å²) in [4.78, 5) is 1.27. The fraction of sp³-hybridized carbons (Fsp3) is 0.0952. The number of nitrogens with one attached hydrogen (secondary N) is 1. The maximum atomic E-state index is 13.2. The fourth-order valence-electron chi connectivity index (χ4n) is 3.00. The van der Waals surface area contributed by atoms with E-state index >= 15 is 0 Å². The summed E-state index contributed by atoms with van der Waals surface area (Å²) in [6.45, 7) is 0. The van der Waals surface area contributed by atoms with Gasteiger partial charge in [0.05, 0.1) is 17.5 Å². The molecule has 0 saturated carbocycles. The molecule has 0 heterocycles. The molecule has 0 amide bonds. The van der Waals surface area contributed by atoms with Crippen LogP contribution in [0.4, 0.5) is 13.2 Å². The van der Waals surface area contributed by atoms with Gasteiger partial charge in [-0.25, -0.2) is 13.2 Å². The monoisotopic (exact) mass is 498 g/mol. The largest absolute Gasteiger partial charge is 0.416 e. The Labute approximate surface area is 188 Å². The van der Waals surface area contributed by atoms with Crippen molar-refractivity contribution in [3.8, 4) is 11.1 Å². The Morgan fingerprint density at radius 2 is 1.52 bits per heavy atom. The number of halogens is 3. The topological polar surface area (TPSA) is 113 Å². The summed E-state index contributed by atoms with van der Waals surface area (Å²) in [5.41, 5.74) is -0.921. The van der Waals surface area contributed by atoms with Crippen LogP contribution in [0.1, 0.15) is 16.7 Å². The molecule has 3 aromatic rings. The summed E-state index contributed by atoms with van der Waals surface area (Å²) < 4.78 is 97.1. The second-order valence-corrected chi connectivity index (χ2v) is 9.96. The summed E-state index contributed by atoms with van der Waals surface area (Å²) in [5.74, 6) is -0.354. The van der Waals surface area contributed by atoms with Crippen LogP contribution < -0.4 is 4.83 Å². The predicted octanol–water partition coefficient (Wildman–Crippen LogP) is 4.07. The average molecular weight is 499 g/mol. The zero-order chi connectivity index (χ0) is 24.3. The van der Waals surface area contributed by atoms with E-state index in [2.05, 4.69) is 5.10 Å². The second-order valence-electron chi connectivity index (χ2n) is 6.87. The molecule has 0 fully saturated rings. The van der Waals surface area contributed by atoms with Crippen molar-refractivity contribution >= 4 is 26.4 Å². The van der Waals surface area contributed by atoms with Crippen molar-refractivity contribution < 1.29 is 34.6 Å². The lowest BCUT2D eigenvalue weighted by atomic mass is 9.98. The first-order valence-corrected chi connectivity index (χ1v) is 12.3. The van der Waals surface area contributed by atoms with Crippen LogP contribution >= 0.6 is 0 Å². The Morgan fingerprint density at radius 3 is 2.15 bits per heavy atom. The van der Waals surface area contributed by atoms with Gasteiger partial charge in [-0.05, 0) is 29.3 Å². The third-order valence-corrected chi connectivity index (χ3v) is 6.44. The number of benzene rings is 3. The Kier molecular flexibility index (Phi) is 6.91. The molecule has 33 heavy (non-hydrogen) atoms. The lowest BCUT2D eigenvalue weighted by molar-refractivity contribution is -0.137. The maximum absolute atomic E-state index is 13.2. The van der Waals surface area contributed by atoms with Crippen LogP contribution in [-0.4, -0.2) is 27.6 Å². The van der Waals surface area contributed by atoms with Crippen molar-refractivity contribution in [1.82, 2.24) is 4.83 Å². The quantitative estimate of drug-likeness (QED) is 0.290. The third-order valence-electron chi connectivity index (χ3n) is 4.43. The van der Waals surface area contributed by atoms with Gasteiger partial charge >= 0.3 is 6.18 Å². The molecular formula is C21H17F3N2O5S2. The molecule has 0 bridgehead atoms. The minimum Gasteiger partial charge on any atom is -0.282 e. The number of nitrogens with zero attached hydrogens (tertiary/aromatic N) is 1. The van der Waals surface area contributed by atoms with Gasteiger partial charge in [0.1, 0.15) is 4.90 Å². The highest BCUT2D eigenvalue weighted by molar-refractivity contribution is 7.88. The number of alkyl halides is 3. The van der Waals surface area contributed by atoms with E-state index in [1.807, 2.05) is 4.83 Å². The number of sulfonamides is 1. The highest BCUT2D eigenvalue weighted by Gasteiger charge is 2.32. The van der Waals surface area contributed by atoms with Gasteiger partial charge in [0.2, 0.25) is 0 Å². The van der Waals surface area contributed by atoms with E-state index in [-0.39, 0.29) is 16.9 Å². The minimum absolute atomic E-state index is 0.0118. The first-order valence-electron chi connectivity index (χ1n) is 9.21. The van der Waals surface area contributed by atoms with Crippen LogP contribution in [0.2, 0.25) is 0 Å². The lowest BCUT2D eigenvalue weighted by Gasteiger charge is -2.14. The van der Waals surface area contributed by atoms with Gasteiger partial charge in [-0.3, -0.25) is 4.55 Å². The lowest BCUT2D eigenvalue weighted by Crippen LogP contribution is -2.20. The highest BCUT2D eigenvalue weighted by atomic mass is 32.2. The van der Waals surface area contributed by atoms with Gasteiger partial charge in [0.25, 0.3) is 20.1 Å². The molecule has 0 aliphatic carbocycles. The Hall–Kier alpha value is -3.22. The number of rotatable bonds is 7. The Morgan fingerprint density at radius 1 is 0.879 bits per heavy atom. The second kappa shape index (κ2) is 9.33. The Bertz CT molecular complexity index is 1390. The molecule has 12 heteroatoms. The van der Waals surface area contributed by atoms with Gasteiger partial charge in [0, 0.05) is 11.1 Å². The van der Waals surface area contributed by atoms with Gasteiger partial charge in [-0.1, -0.05) is 54.6 Å². The van der Waals surface area contributed by atoms with E-state index in [1.54, 1.807) is 30.3 Å². The summed E-state index contributed by atoms with van der Waals surface area (Å²) in [6.07, 6.45) is -3.73. The van der Waals surface area contributed by atoms with Gasteiger partial charge in [-0.2, -0.15) is 26.7 Å². The molecule has 7 nitrogen and oxygen atoms in total. The van der Waals surface area contributed by atoms with Crippen LogP contribution in [0.15, 0.2) is 82.8 Å². The van der Waals surface area contributed by atoms with Crippen LogP contribution in [0.5, 0.6) is 0 Å². The first kappa shape index (κ1) is 24.4. The number of hydrazone groups is 1. The average Bonchev–Trinajstić information content (AvgIpc) is 2.72. The van der Waals surface area contributed by atoms with E-state index in [0.29, 0.717) is 23.8 Å². The van der Waals surface area contributed by atoms with Crippen molar-refractivity contribution in [2.45, 2.75) is 16.8 Å². The SMILES string of the molecule is O=S(=O)(Cc1ccccc1)NN=Cc1ccccc1-c1cc(C(F)(F)F)ccc1S(=O)(=O)O. The number of hydrogen-bond donors (Lipinski definition) is 2. The van der Waals surface area contributed by atoms with Crippen molar-refractivity contribution in [3.63, 3.8) is 0 Å². The van der Waals surface area contributed by atoms with Crippen molar-refractivity contribution in [3.05, 3.63) is 89.5 Å². The summed E-state index contributed by atoms with van der Waals surface area (Å²) >= 11 is 0. The van der Waals surface area contributed by atoms with Crippen molar-refractivity contribution in [2.75, 3.05) is 0 Å².